The quantitative estimate of drug-likeness (QED) is 0.550. The van der Waals surface area contributed by atoms with Gasteiger partial charge in [0, 0.05) is 13.2 Å². The lowest BCUT2D eigenvalue weighted by Crippen LogP contribution is -2.08. The van der Waals surface area contributed by atoms with Gasteiger partial charge in [0.1, 0.15) is 12.2 Å². The third-order valence-corrected chi connectivity index (χ3v) is 3.15. The maximum atomic E-state index is 5.55. The second-order valence-electron chi connectivity index (χ2n) is 4.74. The van der Waals surface area contributed by atoms with E-state index >= 15 is 0 Å². The number of rotatable bonds is 8. The van der Waals surface area contributed by atoms with E-state index in [2.05, 4.69) is 0 Å². The molecule has 0 bridgehead atoms. The van der Waals surface area contributed by atoms with E-state index in [-0.39, 0.29) is 0 Å². The SMILES string of the molecule is C(OCC1CC1COCC1CO1)C1CO1. The zero-order valence-corrected chi connectivity index (χ0v) is 8.89. The second-order valence-corrected chi connectivity index (χ2v) is 4.74. The molecule has 4 unspecified atom stereocenters. The van der Waals surface area contributed by atoms with Crippen LogP contribution in [-0.4, -0.2) is 51.8 Å². The van der Waals surface area contributed by atoms with Gasteiger partial charge in [-0.05, 0) is 18.3 Å². The van der Waals surface area contributed by atoms with Gasteiger partial charge in [0.2, 0.25) is 0 Å². The lowest BCUT2D eigenvalue weighted by atomic mass is 10.3. The minimum Gasteiger partial charge on any atom is -0.378 e. The van der Waals surface area contributed by atoms with Crippen LogP contribution < -0.4 is 0 Å². The Morgan fingerprint density at radius 1 is 0.800 bits per heavy atom. The smallest absolute Gasteiger partial charge is 0.104 e. The average molecular weight is 214 g/mol. The summed E-state index contributed by atoms with van der Waals surface area (Å²) in [6.45, 7) is 5.10. The summed E-state index contributed by atoms with van der Waals surface area (Å²) >= 11 is 0. The van der Waals surface area contributed by atoms with Crippen LogP contribution in [0.2, 0.25) is 0 Å². The van der Waals surface area contributed by atoms with Crippen molar-refractivity contribution in [2.24, 2.45) is 11.8 Å². The summed E-state index contributed by atoms with van der Waals surface area (Å²) in [5.41, 5.74) is 0. The molecule has 3 aliphatic rings. The molecule has 2 heterocycles. The van der Waals surface area contributed by atoms with Crippen LogP contribution >= 0.6 is 0 Å². The van der Waals surface area contributed by atoms with Crippen molar-refractivity contribution >= 4 is 0 Å². The highest BCUT2D eigenvalue weighted by atomic mass is 16.6. The molecule has 4 nitrogen and oxygen atoms in total. The Morgan fingerprint density at radius 3 is 1.67 bits per heavy atom. The van der Waals surface area contributed by atoms with Gasteiger partial charge >= 0.3 is 0 Å². The Kier molecular flexibility index (Phi) is 2.92. The molecule has 0 amide bonds. The van der Waals surface area contributed by atoms with E-state index in [0.29, 0.717) is 12.2 Å². The largest absolute Gasteiger partial charge is 0.378 e. The van der Waals surface area contributed by atoms with Crippen molar-refractivity contribution in [3.05, 3.63) is 0 Å². The molecule has 4 atom stereocenters. The van der Waals surface area contributed by atoms with Gasteiger partial charge in [-0.15, -0.1) is 0 Å². The van der Waals surface area contributed by atoms with Crippen LogP contribution in [0.3, 0.4) is 0 Å². The molecule has 2 saturated heterocycles. The molecule has 0 aromatic carbocycles. The predicted octanol–water partition coefficient (Wildman–Crippen LogP) is 0.453. The van der Waals surface area contributed by atoms with E-state index < -0.39 is 0 Å². The van der Waals surface area contributed by atoms with Crippen LogP contribution in [0, 0.1) is 11.8 Å². The molecule has 3 fully saturated rings. The van der Waals surface area contributed by atoms with Gasteiger partial charge in [-0.1, -0.05) is 0 Å². The van der Waals surface area contributed by atoms with Gasteiger partial charge in [-0.2, -0.15) is 0 Å². The molecule has 0 spiro atoms. The Hall–Kier alpha value is -0.160. The number of hydrogen-bond acceptors (Lipinski definition) is 4. The monoisotopic (exact) mass is 214 g/mol. The molecule has 15 heavy (non-hydrogen) atoms. The van der Waals surface area contributed by atoms with E-state index in [1.807, 2.05) is 0 Å². The lowest BCUT2D eigenvalue weighted by molar-refractivity contribution is 0.0832. The van der Waals surface area contributed by atoms with Crippen LogP contribution in [-0.2, 0) is 18.9 Å². The summed E-state index contributed by atoms with van der Waals surface area (Å²) in [4.78, 5) is 0. The fraction of sp³-hybridized carbons (Fsp3) is 1.00. The van der Waals surface area contributed by atoms with Crippen molar-refractivity contribution in [1.29, 1.82) is 0 Å². The van der Waals surface area contributed by atoms with Gasteiger partial charge in [-0.3, -0.25) is 0 Å². The number of epoxide rings is 2. The first-order valence-corrected chi connectivity index (χ1v) is 5.80. The fourth-order valence-electron chi connectivity index (χ4n) is 1.75. The summed E-state index contributed by atoms with van der Waals surface area (Å²) in [7, 11) is 0. The third kappa shape index (κ3) is 3.41. The summed E-state index contributed by atoms with van der Waals surface area (Å²) in [6, 6.07) is 0. The molecule has 0 radical (unpaired) electrons. The summed E-state index contributed by atoms with van der Waals surface area (Å²) in [5.74, 6) is 1.45. The Labute approximate surface area is 89.8 Å². The molecular formula is C11H18O4. The summed E-state index contributed by atoms with van der Waals surface area (Å²) < 4.78 is 21.2. The first-order valence-electron chi connectivity index (χ1n) is 5.80. The molecule has 86 valence electrons. The molecule has 1 aliphatic carbocycles. The van der Waals surface area contributed by atoms with Gasteiger partial charge in [0.15, 0.2) is 0 Å². The van der Waals surface area contributed by atoms with E-state index in [1.165, 1.54) is 6.42 Å². The standard InChI is InChI=1S/C11H18O4/c1-8(2-12-4-10-6-14-10)9(1)3-13-5-11-7-15-11/h8-11H,1-7H2. The first kappa shape index (κ1) is 10.0. The second kappa shape index (κ2) is 4.37. The normalized spacial score (nSPS) is 41.6. The van der Waals surface area contributed by atoms with Crippen LogP contribution in [0.25, 0.3) is 0 Å². The molecule has 2 aliphatic heterocycles. The molecule has 3 rings (SSSR count). The fourth-order valence-corrected chi connectivity index (χ4v) is 1.75. The van der Waals surface area contributed by atoms with Crippen molar-refractivity contribution in [1.82, 2.24) is 0 Å². The van der Waals surface area contributed by atoms with E-state index in [1.54, 1.807) is 0 Å². The third-order valence-electron chi connectivity index (χ3n) is 3.15. The minimum atomic E-state index is 0.394. The molecule has 4 heteroatoms. The van der Waals surface area contributed by atoms with Crippen LogP contribution in [0.15, 0.2) is 0 Å². The molecule has 0 aromatic rings. The maximum Gasteiger partial charge on any atom is 0.104 e. The van der Waals surface area contributed by atoms with Crippen molar-refractivity contribution in [2.75, 3.05) is 39.6 Å². The number of ether oxygens (including phenoxy) is 4. The topological polar surface area (TPSA) is 43.5 Å². The minimum absolute atomic E-state index is 0.394. The molecule has 1 saturated carbocycles. The van der Waals surface area contributed by atoms with Crippen molar-refractivity contribution < 1.29 is 18.9 Å². The molecular weight excluding hydrogens is 196 g/mol. The van der Waals surface area contributed by atoms with E-state index in [9.17, 15) is 0 Å². The van der Waals surface area contributed by atoms with Crippen LogP contribution in [0.4, 0.5) is 0 Å². The predicted molar refractivity (Wildman–Crippen MR) is 52.7 cm³/mol. The van der Waals surface area contributed by atoms with Crippen molar-refractivity contribution in [2.45, 2.75) is 18.6 Å². The van der Waals surface area contributed by atoms with Crippen molar-refractivity contribution in [3.8, 4) is 0 Å². The maximum absolute atomic E-state index is 5.55. The van der Waals surface area contributed by atoms with E-state index in [4.69, 9.17) is 18.9 Å². The Balaban J connectivity index is 1.18. The highest BCUT2D eigenvalue weighted by Crippen LogP contribution is 2.39. The lowest BCUT2D eigenvalue weighted by Gasteiger charge is -2.02. The highest BCUT2D eigenvalue weighted by Gasteiger charge is 2.38. The Bertz CT molecular complexity index is 191. The zero-order chi connectivity index (χ0) is 10.1. The average Bonchev–Trinajstić information content (AvgIpc) is 3.09. The van der Waals surface area contributed by atoms with Crippen LogP contribution in [0.1, 0.15) is 6.42 Å². The van der Waals surface area contributed by atoms with Crippen LogP contribution in [0.5, 0.6) is 0 Å². The first-order chi connectivity index (χ1) is 7.42. The van der Waals surface area contributed by atoms with Gasteiger partial charge in [0.05, 0.1) is 26.4 Å². The highest BCUT2D eigenvalue weighted by molar-refractivity contribution is 4.86. The summed E-state index contributed by atoms with van der Waals surface area (Å²) in [6.07, 6.45) is 2.05. The molecule has 0 aromatic heterocycles. The molecule has 0 N–H and O–H groups in total. The van der Waals surface area contributed by atoms with Crippen molar-refractivity contribution in [3.63, 3.8) is 0 Å². The summed E-state index contributed by atoms with van der Waals surface area (Å²) in [5, 5.41) is 0. The van der Waals surface area contributed by atoms with Gasteiger partial charge in [-0.25, -0.2) is 0 Å². The van der Waals surface area contributed by atoms with Gasteiger partial charge in [0.25, 0.3) is 0 Å². The number of hydrogen-bond donors (Lipinski definition) is 0. The van der Waals surface area contributed by atoms with Gasteiger partial charge < -0.3 is 18.9 Å². The zero-order valence-electron chi connectivity index (χ0n) is 8.89. The van der Waals surface area contributed by atoms with E-state index in [0.717, 1.165) is 51.5 Å². The Morgan fingerprint density at radius 2 is 1.27 bits per heavy atom.